The third-order valence-corrected chi connectivity index (χ3v) is 5.67. The van der Waals surface area contributed by atoms with Gasteiger partial charge in [-0.1, -0.05) is 26.0 Å². The number of hydrogen-bond donors (Lipinski definition) is 1. The summed E-state index contributed by atoms with van der Waals surface area (Å²) in [5.74, 6) is 1.74. The van der Waals surface area contributed by atoms with Crippen LogP contribution in [-0.4, -0.2) is 22.6 Å². The molecule has 1 N–H and O–H groups in total. The second-order valence-corrected chi connectivity index (χ2v) is 8.42. The van der Waals surface area contributed by atoms with E-state index in [1.165, 1.54) is 0 Å². The molecule has 0 spiro atoms. The maximum Gasteiger partial charge on any atom is 0.241 e. The van der Waals surface area contributed by atoms with E-state index in [0.717, 1.165) is 16.9 Å². The van der Waals surface area contributed by atoms with Crippen LogP contribution in [0.25, 0.3) is 0 Å². The van der Waals surface area contributed by atoms with Gasteiger partial charge in [0.05, 0.1) is 19.1 Å². The van der Waals surface area contributed by atoms with Gasteiger partial charge in [-0.3, -0.25) is 0 Å². The van der Waals surface area contributed by atoms with Crippen LogP contribution in [0, 0.1) is 12.8 Å². The molecule has 0 unspecified atom stereocenters. The van der Waals surface area contributed by atoms with E-state index in [-0.39, 0.29) is 10.9 Å². The Balaban J connectivity index is 2.32. The highest BCUT2D eigenvalue weighted by Gasteiger charge is 2.23. The lowest BCUT2D eigenvalue weighted by Gasteiger charge is -2.21. The number of methoxy groups -OCH3 is 2. The van der Waals surface area contributed by atoms with Gasteiger partial charge in [0, 0.05) is 6.04 Å². The second kappa shape index (κ2) is 8.56. The Morgan fingerprint density at radius 2 is 1.65 bits per heavy atom. The summed E-state index contributed by atoms with van der Waals surface area (Å²) < 4.78 is 39.0. The molecule has 0 bridgehead atoms. The fourth-order valence-electron chi connectivity index (χ4n) is 2.83. The summed E-state index contributed by atoms with van der Waals surface area (Å²) in [5, 5.41) is 0. The Kier molecular flexibility index (Phi) is 6.67. The Bertz CT molecular complexity index is 829. The molecule has 6 heteroatoms. The summed E-state index contributed by atoms with van der Waals surface area (Å²) in [4.78, 5) is 0.234. The molecule has 142 valence electrons. The monoisotopic (exact) mass is 377 g/mol. The molecule has 0 aliphatic heterocycles. The lowest BCUT2D eigenvalue weighted by molar-refractivity contribution is 0.411. The third-order valence-electron chi connectivity index (χ3n) is 4.20. The van der Waals surface area contributed by atoms with Gasteiger partial charge in [0.25, 0.3) is 0 Å². The average Bonchev–Trinajstić information content (AvgIpc) is 2.60. The van der Waals surface area contributed by atoms with Crippen molar-refractivity contribution in [3.8, 4) is 11.5 Å². The molecular weight excluding hydrogens is 350 g/mol. The zero-order valence-corrected chi connectivity index (χ0v) is 16.8. The van der Waals surface area contributed by atoms with E-state index >= 15 is 0 Å². The van der Waals surface area contributed by atoms with Gasteiger partial charge in [-0.25, -0.2) is 13.1 Å². The van der Waals surface area contributed by atoms with E-state index in [4.69, 9.17) is 9.47 Å². The lowest BCUT2D eigenvalue weighted by Crippen LogP contribution is -2.29. The molecule has 5 nitrogen and oxygen atoms in total. The van der Waals surface area contributed by atoms with Crippen molar-refractivity contribution in [3.63, 3.8) is 0 Å². The van der Waals surface area contributed by atoms with Crippen molar-refractivity contribution in [2.75, 3.05) is 14.2 Å². The first kappa shape index (κ1) is 20.3. The number of benzene rings is 2. The van der Waals surface area contributed by atoms with Crippen LogP contribution < -0.4 is 14.2 Å². The number of hydrogen-bond acceptors (Lipinski definition) is 4. The van der Waals surface area contributed by atoms with Crippen LogP contribution in [0.15, 0.2) is 47.4 Å². The van der Waals surface area contributed by atoms with Crippen LogP contribution in [0.1, 0.15) is 37.4 Å². The van der Waals surface area contributed by atoms with Gasteiger partial charge in [0.2, 0.25) is 10.0 Å². The minimum absolute atomic E-state index is 0.234. The van der Waals surface area contributed by atoms with E-state index in [2.05, 4.69) is 18.6 Å². The number of ether oxygens (including phenoxy) is 2. The van der Waals surface area contributed by atoms with Gasteiger partial charge in [0.15, 0.2) is 0 Å². The van der Waals surface area contributed by atoms with Gasteiger partial charge < -0.3 is 9.47 Å². The highest BCUT2D eigenvalue weighted by atomic mass is 32.2. The highest BCUT2D eigenvalue weighted by molar-refractivity contribution is 7.89. The smallest absolute Gasteiger partial charge is 0.241 e. The summed E-state index contributed by atoms with van der Waals surface area (Å²) in [5.41, 5.74) is 1.69. The van der Waals surface area contributed by atoms with E-state index in [9.17, 15) is 8.42 Å². The molecule has 0 radical (unpaired) electrons. The molecule has 2 aromatic rings. The maximum atomic E-state index is 12.9. The second-order valence-electron chi connectivity index (χ2n) is 6.71. The molecule has 0 amide bonds. The first-order valence-corrected chi connectivity index (χ1v) is 10.1. The Morgan fingerprint density at radius 1 is 1.00 bits per heavy atom. The first-order chi connectivity index (χ1) is 12.3. The molecule has 2 rings (SSSR count). The van der Waals surface area contributed by atoms with Crippen molar-refractivity contribution in [2.45, 2.75) is 38.1 Å². The van der Waals surface area contributed by atoms with E-state index in [1.807, 2.05) is 31.2 Å². The van der Waals surface area contributed by atoms with Crippen LogP contribution in [0.3, 0.4) is 0 Å². The van der Waals surface area contributed by atoms with E-state index in [1.54, 1.807) is 32.4 Å². The zero-order valence-electron chi connectivity index (χ0n) is 15.9. The predicted octanol–water partition coefficient (Wildman–Crippen LogP) is 4.08. The van der Waals surface area contributed by atoms with Crippen molar-refractivity contribution < 1.29 is 17.9 Å². The van der Waals surface area contributed by atoms with Gasteiger partial charge in [-0.2, -0.15) is 0 Å². The fourth-order valence-corrected chi connectivity index (χ4v) is 4.16. The van der Waals surface area contributed by atoms with Crippen molar-refractivity contribution in [2.24, 2.45) is 5.92 Å². The molecule has 0 fully saturated rings. The zero-order chi connectivity index (χ0) is 19.3. The Labute approximate surface area is 156 Å². The normalized spacial score (nSPS) is 12.8. The van der Waals surface area contributed by atoms with Crippen LogP contribution in [0.2, 0.25) is 0 Å². The predicted molar refractivity (Wildman–Crippen MR) is 103 cm³/mol. The Morgan fingerprint density at radius 3 is 2.15 bits per heavy atom. The fraction of sp³-hybridized carbons (Fsp3) is 0.400. The van der Waals surface area contributed by atoms with Gasteiger partial charge in [-0.15, -0.1) is 0 Å². The molecule has 0 saturated heterocycles. The number of nitrogens with one attached hydrogen (secondary N) is 1. The molecule has 26 heavy (non-hydrogen) atoms. The molecule has 0 aliphatic rings. The summed E-state index contributed by atoms with van der Waals surface area (Å²) in [7, 11) is -0.480. The summed E-state index contributed by atoms with van der Waals surface area (Å²) >= 11 is 0. The molecule has 1 atom stereocenters. The number of aryl methyl sites for hydroxylation is 1. The third kappa shape index (κ3) is 4.99. The molecule has 2 aromatic carbocycles. The number of sulfonamides is 1. The Hall–Kier alpha value is -2.05. The molecule has 0 saturated carbocycles. The van der Waals surface area contributed by atoms with Crippen LogP contribution in [0.5, 0.6) is 11.5 Å². The first-order valence-electron chi connectivity index (χ1n) is 8.57. The minimum atomic E-state index is -3.65. The number of rotatable bonds is 8. The molecular formula is C20H27NO4S. The highest BCUT2D eigenvalue weighted by Crippen LogP contribution is 2.27. The maximum absolute atomic E-state index is 12.9. The molecule has 0 aromatic heterocycles. The van der Waals surface area contributed by atoms with E-state index < -0.39 is 10.0 Å². The van der Waals surface area contributed by atoms with Crippen molar-refractivity contribution in [1.82, 2.24) is 4.72 Å². The summed E-state index contributed by atoms with van der Waals surface area (Å²) in [6.07, 6.45) is 0.695. The quantitative estimate of drug-likeness (QED) is 0.753. The summed E-state index contributed by atoms with van der Waals surface area (Å²) in [6.45, 7) is 5.97. The van der Waals surface area contributed by atoms with Crippen molar-refractivity contribution in [3.05, 3.63) is 53.6 Å². The molecule has 0 heterocycles. The van der Waals surface area contributed by atoms with Crippen LogP contribution in [-0.2, 0) is 10.0 Å². The minimum Gasteiger partial charge on any atom is -0.497 e. The van der Waals surface area contributed by atoms with Crippen molar-refractivity contribution in [1.29, 1.82) is 0 Å². The standard InChI is InChI=1S/C20H27NO4S/c1-14(2)12-19(16-6-8-17(24-4)9-7-16)21-26(22,23)18-10-11-20(25-5)15(3)13-18/h6-11,13-14,19,21H,12H2,1-5H3/t19-/m0/s1. The van der Waals surface area contributed by atoms with Crippen molar-refractivity contribution >= 4 is 10.0 Å². The lowest BCUT2D eigenvalue weighted by atomic mass is 9.98. The van der Waals surface area contributed by atoms with Gasteiger partial charge >= 0.3 is 0 Å². The summed E-state index contributed by atoms with van der Waals surface area (Å²) in [6, 6.07) is 12.0. The van der Waals surface area contributed by atoms with Gasteiger partial charge in [-0.05, 0) is 60.7 Å². The molecule has 0 aliphatic carbocycles. The topological polar surface area (TPSA) is 64.6 Å². The van der Waals surface area contributed by atoms with Crippen LogP contribution in [0.4, 0.5) is 0 Å². The van der Waals surface area contributed by atoms with Gasteiger partial charge in [0.1, 0.15) is 11.5 Å². The largest absolute Gasteiger partial charge is 0.497 e. The SMILES string of the molecule is COc1ccc([C@H](CC(C)C)NS(=O)(=O)c2ccc(OC)c(C)c2)cc1. The van der Waals surface area contributed by atoms with Crippen LogP contribution >= 0.6 is 0 Å². The van der Waals surface area contributed by atoms with E-state index in [0.29, 0.717) is 18.1 Å². The average molecular weight is 378 g/mol.